The van der Waals surface area contributed by atoms with Crippen LogP contribution in [0.1, 0.15) is 30.4 Å². The molecule has 1 atom stereocenters. The monoisotopic (exact) mass is 287 g/mol. The molecule has 0 aromatic heterocycles. The van der Waals surface area contributed by atoms with Crippen LogP contribution in [0.15, 0.2) is 24.3 Å². The van der Waals surface area contributed by atoms with Crippen LogP contribution < -0.4 is 5.32 Å². The lowest BCUT2D eigenvalue weighted by molar-refractivity contribution is -0.137. The number of amides is 1. The summed E-state index contributed by atoms with van der Waals surface area (Å²) in [7, 11) is 0. The van der Waals surface area contributed by atoms with Crippen molar-refractivity contribution in [2.24, 2.45) is 5.92 Å². The lowest BCUT2D eigenvalue weighted by atomic mass is 9.91. The molecule has 5 heteroatoms. The molecular weight excluding hydrogens is 267 g/mol. The van der Waals surface area contributed by atoms with Crippen molar-refractivity contribution in [2.75, 3.05) is 6.54 Å². The highest BCUT2D eigenvalue weighted by atomic mass is 19.4. The molecule has 0 aliphatic carbocycles. The average Bonchev–Trinajstić information content (AvgIpc) is 2.37. The molecule has 2 nitrogen and oxygen atoms in total. The molecule has 0 aliphatic heterocycles. The topological polar surface area (TPSA) is 29.1 Å². The Balaban J connectivity index is 2.56. The average molecular weight is 287 g/mol. The Bertz CT molecular complexity index is 401. The van der Waals surface area contributed by atoms with Crippen molar-refractivity contribution >= 4 is 6.41 Å². The van der Waals surface area contributed by atoms with Crippen molar-refractivity contribution in [1.29, 1.82) is 0 Å². The second-order valence-corrected chi connectivity index (χ2v) is 5.07. The van der Waals surface area contributed by atoms with Crippen LogP contribution in [-0.4, -0.2) is 19.1 Å². The Morgan fingerprint density at radius 3 is 2.40 bits per heavy atom. The third kappa shape index (κ3) is 7.16. The third-order valence-electron chi connectivity index (χ3n) is 3.26. The lowest BCUT2D eigenvalue weighted by Gasteiger charge is -2.18. The molecule has 20 heavy (non-hydrogen) atoms. The van der Waals surface area contributed by atoms with Crippen molar-refractivity contribution in [3.8, 4) is 0 Å². The van der Waals surface area contributed by atoms with Gasteiger partial charge in [-0.15, -0.1) is 0 Å². The first kappa shape index (κ1) is 16.5. The molecule has 1 aromatic carbocycles. The first-order valence-electron chi connectivity index (χ1n) is 6.70. The van der Waals surface area contributed by atoms with E-state index in [0.29, 0.717) is 25.8 Å². The fourth-order valence-corrected chi connectivity index (χ4v) is 2.12. The fraction of sp³-hybridized carbons (Fsp3) is 0.533. The van der Waals surface area contributed by atoms with Gasteiger partial charge in [-0.05, 0) is 37.7 Å². The van der Waals surface area contributed by atoms with Crippen molar-refractivity contribution < 1.29 is 18.0 Å². The van der Waals surface area contributed by atoms with E-state index in [2.05, 4.69) is 5.32 Å². The number of aryl methyl sites for hydroxylation is 1. The number of alkyl halides is 3. The van der Waals surface area contributed by atoms with Gasteiger partial charge in [0.05, 0.1) is 0 Å². The van der Waals surface area contributed by atoms with E-state index in [1.165, 1.54) is 0 Å². The Morgan fingerprint density at radius 1 is 1.20 bits per heavy atom. The summed E-state index contributed by atoms with van der Waals surface area (Å²) in [5, 5.41) is 2.51. The SMILES string of the molecule is Cc1ccc(CC(CCNC=O)CCC(F)(F)F)cc1. The van der Waals surface area contributed by atoms with Crippen molar-refractivity contribution in [2.45, 2.75) is 38.8 Å². The summed E-state index contributed by atoms with van der Waals surface area (Å²) < 4.78 is 37.0. The van der Waals surface area contributed by atoms with Crippen LogP contribution in [0.5, 0.6) is 0 Å². The number of hydrogen-bond acceptors (Lipinski definition) is 1. The fourth-order valence-electron chi connectivity index (χ4n) is 2.12. The van der Waals surface area contributed by atoms with Gasteiger partial charge in [0.1, 0.15) is 0 Å². The van der Waals surface area contributed by atoms with Gasteiger partial charge in [-0.3, -0.25) is 4.79 Å². The maximum absolute atomic E-state index is 12.3. The van der Waals surface area contributed by atoms with Gasteiger partial charge in [-0.2, -0.15) is 13.2 Å². The van der Waals surface area contributed by atoms with Gasteiger partial charge < -0.3 is 5.32 Å². The maximum Gasteiger partial charge on any atom is 0.389 e. The Morgan fingerprint density at radius 2 is 1.85 bits per heavy atom. The van der Waals surface area contributed by atoms with Crippen LogP contribution in [0.2, 0.25) is 0 Å². The van der Waals surface area contributed by atoms with Crippen LogP contribution in [0.25, 0.3) is 0 Å². The summed E-state index contributed by atoms with van der Waals surface area (Å²) >= 11 is 0. The molecule has 0 aliphatic rings. The summed E-state index contributed by atoms with van der Waals surface area (Å²) in [5.74, 6) is -0.0771. The standard InChI is InChI=1S/C15H20F3NO/c1-12-2-4-13(5-3-12)10-14(7-9-19-11-20)6-8-15(16,17)18/h2-5,11,14H,6-10H2,1H3,(H,19,20). The molecular formula is C15H20F3NO. The number of rotatable bonds is 8. The van der Waals surface area contributed by atoms with Crippen molar-refractivity contribution in [3.63, 3.8) is 0 Å². The van der Waals surface area contributed by atoms with Crippen LogP contribution in [0.3, 0.4) is 0 Å². The number of nitrogens with one attached hydrogen (secondary N) is 1. The molecule has 1 amide bonds. The molecule has 0 bridgehead atoms. The van der Waals surface area contributed by atoms with E-state index in [-0.39, 0.29) is 12.3 Å². The number of halogens is 3. The van der Waals surface area contributed by atoms with Gasteiger partial charge in [0, 0.05) is 13.0 Å². The minimum atomic E-state index is -4.12. The summed E-state index contributed by atoms with van der Waals surface area (Å²) in [6.07, 6.45) is -3.06. The van der Waals surface area contributed by atoms with E-state index in [9.17, 15) is 18.0 Å². The quantitative estimate of drug-likeness (QED) is 0.574. The second kappa shape index (κ2) is 7.92. The highest BCUT2D eigenvalue weighted by molar-refractivity contribution is 5.45. The van der Waals surface area contributed by atoms with E-state index >= 15 is 0 Å². The van der Waals surface area contributed by atoms with Gasteiger partial charge in [-0.1, -0.05) is 29.8 Å². The number of carbonyl (C=O) groups excluding carboxylic acids is 1. The minimum absolute atomic E-state index is 0.0771. The largest absolute Gasteiger partial charge is 0.389 e. The molecule has 1 aromatic rings. The van der Waals surface area contributed by atoms with Gasteiger partial charge in [0.25, 0.3) is 0 Å². The summed E-state index contributed by atoms with van der Waals surface area (Å²) in [4.78, 5) is 10.2. The predicted octanol–water partition coefficient (Wildman–Crippen LogP) is 3.63. The zero-order valence-corrected chi connectivity index (χ0v) is 11.5. The van der Waals surface area contributed by atoms with Crippen LogP contribution in [0, 0.1) is 12.8 Å². The highest BCUT2D eigenvalue weighted by Crippen LogP contribution is 2.27. The van der Waals surface area contributed by atoms with E-state index in [0.717, 1.165) is 11.1 Å². The van der Waals surface area contributed by atoms with Crippen LogP contribution in [-0.2, 0) is 11.2 Å². The number of hydrogen-bond donors (Lipinski definition) is 1. The Labute approximate surface area is 117 Å². The second-order valence-electron chi connectivity index (χ2n) is 5.07. The predicted molar refractivity (Wildman–Crippen MR) is 72.3 cm³/mol. The normalized spacial score (nSPS) is 13.0. The molecule has 0 saturated carbocycles. The number of benzene rings is 1. The van der Waals surface area contributed by atoms with Crippen LogP contribution >= 0.6 is 0 Å². The van der Waals surface area contributed by atoms with Gasteiger partial charge in [0.15, 0.2) is 0 Å². The highest BCUT2D eigenvalue weighted by Gasteiger charge is 2.28. The molecule has 112 valence electrons. The lowest BCUT2D eigenvalue weighted by Crippen LogP contribution is -2.19. The van der Waals surface area contributed by atoms with Gasteiger partial charge in [-0.25, -0.2) is 0 Å². The zero-order chi connectivity index (χ0) is 15.0. The first-order valence-corrected chi connectivity index (χ1v) is 6.70. The Kier molecular flexibility index (Phi) is 6.55. The smallest absolute Gasteiger partial charge is 0.359 e. The first-order chi connectivity index (χ1) is 9.40. The third-order valence-corrected chi connectivity index (χ3v) is 3.26. The number of carbonyl (C=O) groups is 1. The molecule has 1 N–H and O–H groups in total. The summed E-state index contributed by atoms with van der Waals surface area (Å²) in [6, 6.07) is 7.81. The molecule has 1 rings (SSSR count). The maximum atomic E-state index is 12.3. The van der Waals surface area contributed by atoms with E-state index in [4.69, 9.17) is 0 Å². The van der Waals surface area contributed by atoms with Crippen LogP contribution in [0.4, 0.5) is 13.2 Å². The van der Waals surface area contributed by atoms with Gasteiger partial charge >= 0.3 is 6.18 Å². The van der Waals surface area contributed by atoms with E-state index < -0.39 is 12.6 Å². The molecule has 0 fully saturated rings. The Hall–Kier alpha value is -1.52. The molecule has 0 saturated heterocycles. The molecule has 0 spiro atoms. The summed E-state index contributed by atoms with van der Waals surface area (Å²) in [6.45, 7) is 2.39. The van der Waals surface area contributed by atoms with E-state index in [1.54, 1.807) is 0 Å². The van der Waals surface area contributed by atoms with Crippen molar-refractivity contribution in [1.82, 2.24) is 5.32 Å². The molecule has 0 heterocycles. The molecule has 0 radical (unpaired) electrons. The minimum Gasteiger partial charge on any atom is -0.359 e. The van der Waals surface area contributed by atoms with Crippen molar-refractivity contribution in [3.05, 3.63) is 35.4 Å². The van der Waals surface area contributed by atoms with E-state index in [1.807, 2.05) is 31.2 Å². The van der Waals surface area contributed by atoms with Gasteiger partial charge in [0.2, 0.25) is 6.41 Å². The zero-order valence-electron chi connectivity index (χ0n) is 11.5. The summed E-state index contributed by atoms with van der Waals surface area (Å²) in [5.41, 5.74) is 2.16. The molecule has 1 unspecified atom stereocenters.